The van der Waals surface area contributed by atoms with Crippen molar-refractivity contribution in [3.05, 3.63) is 29.8 Å². The SMILES string of the molecule is Nc1ccc(CS(=O)(=O)NCC2CCN(C3CC3)C2)cc1. The number of nitrogen functional groups attached to an aromatic ring is 1. The van der Waals surface area contributed by atoms with Crippen LogP contribution in [0.1, 0.15) is 24.8 Å². The van der Waals surface area contributed by atoms with Crippen molar-refractivity contribution in [2.24, 2.45) is 5.92 Å². The molecule has 0 radical (unpaired) electrons. The highest BCUT2D eigenvalue weighted by molar-refractivity contribution is 7.88. The summed E-state index contributed by atoms with van der Waals surface area (Å²) in [6, 6.07) is 7.77. The van der Waals surface area contributed by atoms with Crippen molar-refractivity contribution in [2.45, 2.75) is 31.1 Å². The number of nitrogens with two attached hydrogens (primary N) is 1. The molecule has 3 N–H and O–H groups in total. The molecule has 5 nitrogen and oxygen atoms in total. The molecule has 0 aromatic heterocycles. The van der Waals surface area contributed by atoms with Crippen LogP contribution < -0.4 is 10.5 Å². The van der Waals surface area contributed by atoms with Gasteiger partial charge in [-0.1, -0.05) is 12.1 Å². The molecule has 0 spiro atoms. The van der Waals surface area contributed by atoms with Crippen LogP contribution in [0, 0.1) is 5.92 Å². The molecule has 2 aliphatic rings. The predicted molar refractivity (Wildman–Crippen MR) is 84.2 cm³/mol. The molecular weight excluding hydrogens is 286 g/mol. The summed E-state index contributed by atoms with van der Waals surface area (Å²) in [5, 5.41) is 0. The van der Waals surface area contributed by atoms with E-state index in [1.165, 1.54) is 12.8 Å². The summed E-state index contributed by atoms with van der Waals surface area (Å²) >= 11 is 0. The highest BCUT2D eigenvalue weighted by atomic mass is 32.2. The van der Waals surface area contributed by atoms with E-state index in [0.29, 0.717) is 18.2 Å². The average molecular weight is 309 g/mol. The summed E-state index contributed by atoms with van der Waals surface area (Å²) in [5.41, 5.74) is 7.02. The van der Waals surface area contributed by atoms with Crippen molar-refractivity contribution in [2.75, 3.05) is 25.4 Å². The molecule has 1 saturated heterocycles. The van der Waals surface area contributed by atoms with E-state index in [9.17, 15) is 8.42 Å². The van der Waals surface area contributed by atoms with E-state index in [4.69, 9.17) is 5.73 Å². The molecule has 1 aliphatic carbocycles. The van der Waals surface area contributed by atoms with Crippen LogP contribution in [0.2, 0.25) is 0 Å². The van der Waals surface area contributed by atoms with Crippen molar-refractivity contribution >= 4 is 15.7 Å². The molecule has 3 rings (SSSR count). The maximum atomic E-state index is 12.1. The zero-order valence-electron chi connectivity index (χ0n) is 12.2. The zero-order chi connectivity index (χ0) is 14.9. The lowest BCUT2D eigenvalue weighted by Gasteiger charge is -2.15. The van der Waals surface area contributed by atoms with Crippen LogP contribution in [0.25, 0.3) is 0 Å². The third kappa shape index (κ3) is 4.18. The first kappa shape index (κ1) is 14.8. The van der Waals surface area contributed by atoms with Gasteiger partial charge in [0.25, 0.3) is 0 Å². The van der Waals surface area contributed by atoms with Crippen LogP contribution in [0.3, 0.4) is 0 Å². The van der Waals surface area contributed by atoms with Crippen LogP contribution in [0.5, 0.6) is 0 Å². The van der Waals surface area contributed by atoms with Crippen LogP contribution in [-0.4, -0.2) is 39.0 Å². The van der Waals surface area contributed by atoms with Crippen LogP contribution in [-0.2, 0) is 15.8 Å². The molecule has 1 aromatic carbocycles. The van der Waals surface area contributed by atoms with Gasteiger partial charge in [0.1, 0.15) is 0 Å². The van der Waals surface area contributed by atoms with Crippen molar-refractivity contribution in [3.8, 4) is 0 Å². The van der Waals surface area contributed by atoms with Crippen LogP contribution in [0.15, 0.2) is 24.3 Å². The van der Waals surface area contributed by atoms with Crippen molar-refractivity contribution < 1.29 is 8.42 Å². The summed E-state index contributed by atoms with van der Waals surface area (Å²) in [7, 11) is -3.27. The van der Waals surface area contributed by atoms with E-state index in [-0.39, 0.29) is 5.75 Å². The van der Waals surface area contributed by atoms with Crippen molar-refractivity contribution in [1.82, 2.24) is 9.62 Å². The molecule has 1 heterocycles. The molecule has 0 amide bonds. The number of nitrogens with one attached hydrogen (secondary N) is 1. The second kappa shape index (κ2) is 5.94. The second-order valence-electron chi connectivity index (χ2n) is 6.23. The number of hydrogen-bond acceptors (Lipinski definition) is 4. The van der Waals surface area contributed by atoms with Gasteiger partial charge in [-0.2, -0.15) is 0 Å². The van der Waals surface area contributed by atoms with Gasteiger partial charge in [0.15, 0.2) is 0 Å². The first-order chi connectivity index (χ1) is 10.0. The summed E-state index contributed by atoms with van der Waals surface area (Å²) in [5.74, 6) is 0.471. The Kier molecular flexibility index (Phi) is 4.19. The number of rotatable bonds is 6. The normalized spacial score (nSPS) is 23.5. The topological polar surface area (TPSA) is 75.4 Å². The molecule has 1 unspecified atom stereocenters. The maximum absolute atomic E-state index is 12.1. The fourth-order valence-corrected chi connectivity index (χ4v) is 4.15. The summed E-state index contributed by atoms with van der Waals surface area (Å²) < 4.78 is 27.0. The van der Waals surface area contributed by atoms with Gasteiger partial charge in [0.05, 0.1) is 5.75 Å². The largest absolute Gasteiger partial charge is 0.399 e. The lowest BCUT2D eigenvalue weighted by molar-refractivity contribution is 0.314. The Balaban J connectivity index is 1.48. The first-order valence-electron chi connectivity index (χ1n) is 7.58. The first-order valence-corrected chi connectivity index (χ1v) is 9.23. The number of sulfonamides is 1. The molecular formula is C15H23N3O2S. The van der Waals surface area contributed by atoms with Crippen molar-refractivity contribution in [1.29, 1.82) is 0 Å². The minimum atomic E-state index is -3.27. The highest BCUT2D eigenvalue weighted by Gasteiger charge is 2.34. The van der Waals surface area contributed by atoms with Gasteiger partial charge in [0.2, 0.25) is 10.0 Å². The summed E-state index contributed by atoms with van der Waals surface area (Å²) in [6.45, 7) is 2.71. The number of nitrogens with zero attached hydrogens (tertiary/aromatic N) is 1. The quantitative estimate of drug-likeness (QED) is 0.774. The Labute approximate surface area is 126 Å². The van der Waals surface area contributed by atoms with E-state index in [1.54, 1.807) is 24.3 Å². The molecule has 116 valence electrons. The van der Waals surface area contributed by atoms with Gasteiger partial charge in [-0.15, -0.1) is 0 Å². The summed E-state index contributed by atoms with van der Waals surface area (Å²) in [4.78, 5) is 2.50. The number of hydrogen-bond donors (Lipinski definition) is 2. The van der Waals surface area contributed by atoms with Crippen LogP contribution >= 0.6 is 0 Å². The zero-order valence-corrected chi connectivity index (χ0v) is 13.0. The molecule has 2 fully saturated rings. The minimum absolute atomic E-state index is 0.0202. The van der Waals surface area contributed by atoms with Gasteiger partial charge >= 0.3 is 0 Å². The molecule has 1 aliphatic heterocycles. The minimum Gasteiger partial charge on any atom is -0.399 e. The Morgan fingerprint density at radius 3 is 2.57 bits per heavy atom. The predicted octanol–water partition coefficient (Wildman–Crippen LogP) is 1.17. The van der Waals surface area contributed by atoms with Crippen molar-refractivity contribution in [3.63, 3.8) is 0 Å². The number of anilines is 1. The molecule has 1 atom stereocenters. The van der Waals surface area contributed by atoms with Gasteiger partial charge in [0, 0.05) is 24.8 Å². The Bertz CT molecular complexity index is 581. The van der Waals surface area contributed by atoms with E-state index in [2.05, 4.69) is 9.62 Å². The fourth-order valence-electron chi connectivity index (χ4n) is 2.93. The van der Waals surface area contributed by atoms with Gasteiger partial charge in [-0.05, 0) is 49.4 Å². The molecule has 1 saturated carbocycles. The Hall–Kier alpha value is -1.11. The molecule has 0 bridgehead atoms. The Morgan fingerprint density at radius 1 is 1.19 bits per heavy atom. The van der Waals surface area contributed by atoms with Crippen LogP contribution in [0.4, 0.5) is 5.69 Å². The number of likely N-dealkylation sites (tertiary alicyclic amines) is 1. The Morgan fingerprint density at radius 2 is 1.90 bits per heavy atom. The third-order valence-corrected chi connectivity index (χ3v) is 5.63. The third-order valence-electron chi connectivity index (χ3n) is 4.31. The molecule has 6 heteroatoms. The summed E-state index contributed by atoms with van der Waals surface area (Å²) in [6.07, 6.45) is 3.73. The molecule has 1 aromatic rings. The standard InChI is InChI=1S/C15H23N3O2S/c16-14-3-1-12(2-4-14)11-21(19,20)17-9-13-7-8-18(10-13)15-5-6-15/h1-4,13,15,17H,5-11,16H2. The van der Waals surface area contributed by atoms with Gasteiger partial charge < -0.3 is 10.6 Å². The average Bonchev–Trinajstić information content (AvgIpc) is 3.18. The second-order valence-corrected chi connectivity index (χ2v) is 8.04. The van der Waals surface area contributed by atoms with Gasteiger partial charge in [-0.25, -0.2) is 13.1 Å². The highest BCUT2D eigenvalue weighted by Crippen LogP contribution is 2.31. The van der Waals surface area contributed by atoms with E-state index >= 15 is 0 Å². The smallest absolute Gasteiger partial charge is 0.215 e. The van der Waals surface area contributed by atoms with Gasteiger partial charge in [-0.3, -0.25) is 0 Å². The van der Waals surface area contributed by atoms with E-state index < -0.39 is 10.0 Å². The monoisotopic (exact) mass is 309 g/mol. The fraction of sp³-hybridized carbons (Fsp3) is 0.600. The molecule has 21 heavy (non-hydrogen) atoms. The maximum Gasteiger partial charge on any atom is 0.215 e. The lowest BCUT2D eigenvalue weighted by atomic mass is 10.1. The van der Waals surface area contributed by atoms with E-state index in [0.717, 1.165) is 31.1 Å². The van der Waals surface area contributed by atoms with E-state index in [1.807, 2.05) is 0 Å². The number of benzene rings is 1. The lowest BCUT2D eigenvalue weighted by Crippen LogP contribution is -2.32.